The lowest BCUT2D eigenvalue weighted by Gasteiger charge is -2.39. The Morgan fingerprint density at radius 3 is 2.21 bits per heavy atom. The Morgan fingerprint density at radius 2 is 1.86 bits per heavy atom. The number of benzene rings is 1. The maximum Gasteiger partial charge on any atom is 0.488 e. The fourth-order valence-electron chi connectivity index (χ4n) is 1.64. The van der Waals surface area contributed by atoms with Gasteiger partial charge < -0.3 is 14.8 Å². The van der Waals surface area contributed by atoms with Crippen molar-refractivity contribution in [3.63, 3.8) is 0 Å². The number of ether oxygens (including phenoxy) is 1. The normalized spacial score (nSPS) is 25.6. The van der Waals surface area contributed by atoms with E-state index in [1.165, 1.54) is 0 Å². The molecule has 3 nitrogen and oxygen atoms in total. The van der Waals surface area contributed by atoms with E-state index in [0.29, 0.717) is 5.46 Å². The van der Waals surface area contributed by atoms with Crippen LogP contribution in [0, 0.1) is 0 Å². The van der Waals surface area contributed by atoms with Crippen LogP contribution in [0.15, 0.2) is 24.3 Å². The molecule has 1 atom stereocenters. The van der Waals surface area contributed by atoms with E-state index >= 15 is 0 Å². The molecule has 0 amide bonds. The van der Waals surface area contributed by atoms with E-state index in [0.717, 1.165) is 18.6 Å². The van der Waals surface area contributed by atoms with Crippen molar-refractivity contribution in [3.8, 4) is 0 Å². The standard InChI is InChI=1S/C10H13BO3/c1-10(6-7-14-10)8-2-4-9(5-3-8)11(12)13/h2-5,12-13H,6-7H2,1H3. The molecule has 0 aliphatic carbocycles. The lowest BCUT2D eigenvalue weighted by Crippen LogP contribution is -2.38. The summed E-state index contributed by atoms with van der Waals surface area (Å²) in [6.45, 7) is 2.85. The highest BCUT2D eigenvalue weighted by Crippen LogP contribution is 2.36. The molecule has 1 heterocycles. The van der Waals surface area contributed by atoms with Crippen molar-refractivity contribution in [2.75, 3.05) is 6.61 Å². The number of rotatable bonds is 2. The fourth-order valence-corrected chi connectivity index (χ4v) is 1.64. The molecule has 0 saturated carbocycles. The molecule has 1 aliphatic rings. The molecular formula is C10H13BO3. The van der Waals surface area contributed by atoms with Gasteiger partial charge >= 0.3 is 7.12 Å². The van der Waals surface area contributed by atoms with Crippen molar-refractivity contribution in [3.05, 3.63) is 29.8 Å². The maximum atomic E-state index is 8.91. The van der Waals surface area contributed by atoms with E-state index in [1.54, 1.807) is 12.1 Å². The average molecular weight is 192 g/mol. The van der Waals surface area contributed by atoms with E-state index < -0.39 is 7.12 Å². The molecular weight excluding hydrogens is 179 g/mol. The third-order valence-corrected chi connectivity index (χ3v) is 2.82. The van der Waals surface area contributed by atoms with Crippen LogP contribution in [0.1, 0.15) is 18.9 Å². The highest BCUT2D eigenvalue weighted by molar-refractivity contribution is 6.58. The summed E-state index contributed by atoms with van der Waals surface area (Å²) in [5, 5.41) is 17.8. The second-order valence-electron chi connectivity index (χ2n) is 3.82. The smallest absolute Gasteiger partial charge is 0.423 e. The van der Waals surface area contributed by atoms with E-state index in [9.17, 15) is 0 Å². The molecule has 0 bridgehead atoms. The van der Waals surface area contributed by atoms with E-state index in [-0.39, 0.29) is 5.60 Å². The van der Waals surface area contributed by atoms with Gasteiger partial charge in [-0.2, -0.15) is 0 Å². The zero-order valence-corrected chi connectivity index (χ0v) is 8.10. The summed E-state index contributed by atoms with van der Waals surface area (Å²) in [5.41, 5.74) is 1.43. The highest BCUT2D eigenvalue weighted by atomic mass is 16.5. The summed E-state index contributed by atoms with van der Waals surface area (Å²) in [4.78, 5) is 0. The minimum Gasteiger partial charge on any atom is -0.423 e. The van der Waals surface area contributed by atoms with Crippen molar-refractivity contribution in [1.82, 2.24) is 0 Å². The molecule has 74 valence electrons. The topological polar surface area (TPSA) is 49.7 Å². The third-order valence-electron chi connectivity index (χ3n) is 2.82. The minimum absolute atomic E-state index is 0.168. The molecule has 1 fully saturated rings. The first-order chi connectivity index (χ1) is 6.62. The molecule has 2 rings (SSSR count). The largest absolute Gasteiger partial charge is 0.488 e. The van der Waals surface area contributed by atoms with E-state index in [1.807, 2.05) is 19.1 Å². The van der Waals surface area contributed by atoms with Crippen LogP contribution < -0.4 is 5.46 Å². The number of hydrogen-bond donors (Lipinski definition) is 2. The van der Waals surface area contributed by atoms with Crippen LogP contribution in [0.3, 0.4) is 0 Å². The van der Waals surface area contributed by atoms with Gasteiger partial charge in [-0.15, -0.1) is 0 Å². The van der Waals surface area contributed by atoms with Crippen molar-refractivity contribution in [2.24, 2.45) is 0 Å². The molecule has 4 heteroatoms. The Balaban J connectivity index is 2.21. The van der Waals surface area contributed by atoms with Crippen molar-refractivity contribution < 1.29 is 14.8 Å². The van der Waals surface area contributed by atoms with Gasteiger partial charge in [0.2, 0.25) is 0 Å². The molecule has 14 heavy (non-hydrogen) atoms. The lowest BCUT2D eigenvalue weighted by molar-refractivity contribution is -0.140. The lowest BCUT2D eigenvalue weighted by atomic mass is 9.78. The molecule has 1 aromatic rings. The first-order valence-corrected chi connectivity index (χ1v) is 4.72. The first-order valence-electron chi connectivity index (χ1n) is 4.72. The van der Waals surface area contributed by atoms with Gasteiger partial charge in [0.1, 0.15) is 0 Å². The van der Waals surface area contributed by atoms with Crippen LogP contribution in [0.5, 0.6) is 0 Å². The van der Waals surface area contributed by atoms with Crippen molar-refractivity contribution >= 4 is 12.6 Å². The molecule has 0 spiro atoms. The summed E-state index contributed by atoms with van der Waals surface area (Å²) in [7, 11) is -1.39. The molecule has 1 saturated heterocycles. The molecule has 0 aromatic heterocycles. The van der Waals surface area contributed by atoms with Gasteiger partial charge in [0.25, 0.3) is 0 Å². The van der Waals surface area contributed by atoms with Gasteiger partial charge in [-0.1, -0.05) is 24.3 Å². The van der Waals surface area contributed by atoms with Crippen LogP contribution in [-0.4, -0.2) is 23.8 Å². The minimum atomic E-state index is -1.39. The Hall–Kier alpha value is -0.835. The van der Waals surface area contributed by atoms with Gasteiger partial charge in [-0.3, -0.25) is 0 Å². The van der Waals surface area contributed by atoms with Gasteiger partial charge in [0, 0.05) is 6.42 Å². The second-order valence-corrected chi connectivity index (χ2v) is 3.82. The molecule has 1 aromatic carbocycles. The van der Waals surface area contributed by atoms with Crippen LogP contribution in [0.25, 0.3) is 0 Å². The number of hydrogen-bond acceptors (Lipinski definition) is 3. The van der Waals surface area contributed by atoms with Crippen LogP contribution >= 0.6 is 0 Å². The Labute approximate surface area is 83.5 Å². The van der Waals surface area contributed by atoms with Crippen molar-refractivity contribution in [2.45, 2.75) is 18.9 Å². The molecule has 0 radical (unpaired) electrons. The Bertz CT molecular complexity index is 317. The van der Waals surface area contributed by atoms with Crippen LogP contribution in [0.2, 0.25) is 0 Å². The molecule has 1 aliphatic heterocycles. The molecule has 1 unspecified atom stereocenters. The first kappa shape index (κ1) is 9.71. The van der Waals surface area contributed by atoms with Gasteiger partial charge in [0.15, 0.2) is 0 Å². The summed E-state index contributed by atoms with van der Waals surface area (Å²) in [6.07, 6.45) is 1.02. The van der Waals surface area contributed by atoms with E-state index in [2.05, 4.69) is 0 Å². The monoisotopic (exact) mass is 192 g/mol. The maximum absolute atomic E-state index is 8.91. The van der Waals surface area contributed by atoms with Crippen LogP contribution in [0.4, 0.5) is 0 Å². The predicted molar refractivity (Wildman–Crippen MR) is 54.2 cm³/mol. The van der Waals surface area contributed by atoms with Crippen molar-refractivity contribution in [1.29, 1.82) is 0 Å². The van der Waals surface area contributed by atoms with Gasteiger partial charge in [-0.05, 0) is 17.9 Å². The predicted octanol–water partition coefficient (Wildman–Crippen LogP) is 0.00190. The summed E-state index contributed by atoms with van der Waals surface area (Å²) in [6, 6.07) is 7.20. The average Bonchev–Trinajstić information content (AvgIpc) is 2.14. The van der Waals surface area contributed by atoms with Crippen LogP contribution in [-0.2, 0) is 10.3 Å². The SMILES string of the molecule is CC1(c2ccc(B(O)O)cc2)CCO1. The zero-order valence-electron chi connectivity index (χ0n) is 8.10. The summed E-state index contributed by atoms with van der Waals surface area (Å²) < 4.78 is 5.48. The Morgan fingerprint density at radius 1 is 1.29 bits per heavy atom. The highest BCUT2D eigenvalue weighted by Gasteiger charge is 2.34. The summed E-state index contributed by atoms with van der Waals surface area (Å²) >= 11 is 0. The fraction of sp³-hybridized carbons (Fsp3) is 0.400. The Kier molecular flexibility index (Phi) is 2.35. The molecule has 2 N–H and O–H groups in total. The third kappa shape index (κ3) is 1.56. The second kappa shape index (κ2) is 3.39. The quantitative estimate of drug-likeness (QED) is 0.648. The zero-order chi connectivity index (χ0) is 10.2. The van der Waals surface area contributed by atoms with E-state index in [4.69, 9.17) is 14.8 Å². The summed E-state index contributed by atoms with van der Waals surface area (Å²) in [5.74, 6) is 0. The van der Waals surface area contributed by atoms with Gasteiger partial charge in [0.05, 0.1) is 12.2 Å². The van der Waals surface area contributed by atoms with Gasteiger partial charge in [-0.25, -0.2) is 0 Å².